The number of likely N-dealkylation sites (tertiary alicyclic amines) is 1. The first-order valence-corrected chi connectivity index (χ1v) is 10.0. The average molecular weight is 394 g/mol. The van der Waals surface area contributed by atoms with Crippen LogP contribution in [0.4, 0.5) is 5.69 Å². The summed E-state index contributed by atoms with van der Waals surface area (Å²) in [4.78, 5) is 33.5. The highest BCUT2D eigenvalue weighted by atomic mass is 16.5. The van der Waals surface area contributed by atoms with Crippen molar-refractivity contribution in [1.29, 1.82) is 0 Å². The quantitative estimate of drug-likeness (QED) is 0.857. The molecule has 2 amide bonds. The van der Waals surface area contributed by atoms with Crippen molar-refractivity contribution in [3.8, 4) is 5.75 Å². The van der Waals surface area contributed by atoms with Gasteiger partial charge in [-0.2, -0.15) is 0 Å². The van der Waals surface area contributed by atoms with Crippen LogP contribution in [0.15, 0.2) is 48.7 Å². The Morgan fingerprint density at radius 3 is 2.66 bits per heavy atom. The molecule has 2 aliphatic heterocycles. The SMILES string of the molecule is CN1C[C@@H](C(=O)N2CCC(C(=O)NCc3ccccn3)CC2)Oc2ccccc21. The van der Waals surface area contributed by atoms with E-state index in [0.29, 0.717) is 39.0 Å². The zero-order valence-corrected chi connectivity index (χ0v) is 16.6. The van der Waals surface area contributed by atoms with Crippen LogP contribution in [0, 0.1) is 5.92 Å². The van der Waals surface area contributed by atoms with E-state index >= 15 is 0 Å². The van der Waals surface area contributed by atoms with E-state index in [0.717, 1.165) is 17.1 Å². The summed E-state index contributed by atoms with van der Waals surface area (Å²) in [5.41, 5.74) is 1.84. The van der Waals surface area contributed by atoms with Crippen LogP contribution in [-0.4, -0.2) is 54.5 Å². The molecular formula is C22H26N4O3. The van der Waals surface area contributed by atoms with E-state index in [1.807, 2.05) is 54.4 Å². The van der Waals surface area contributed by atoms with E-state index in [1.165, 1.54) is 0 Å². The van der Waals surface area contributed by atoms with Crippen LogP contribution in [0.1, 0.15) is 18.5 Å². The monoisotopic (exact) mass is 394 g/mol. The summed E-state index contributed by atoms with van der Waals surface area (Å²) in [6.45, 7) is 2.11. The number of carbonyl (C=O) groups is 2. The molecule has 0 spiro atoms. The molecule has 2 aliphatic rings. The number of aromatic nitrogens is 1. The Hall–Kier alpha value is -3.09. The minimum Gasteiger partial charge on any atom is -0.477 e. The number of para-hydroxylation sites is 2. The van der Waals surface area contributed by atoms with Crippen molar-refractivity contribution >= 4 is 17.5 Å². The number of carbonyl (C=O) groups excluding carboxylic acids is 2. The van der Waals surface area contributed by atoms with Crippen molar-refractivity contribution in [3.63, 3.8) is 0 Å². The third-order valence-corrected chi connectivity index (χ3v) is 5.61. The minimum atomic E-state index is -0.510. The number of piperidine rings is 1. The topological polar surface area (TPSA) is 74.8 Å². The number of fused-ring (bicyclic) bond motifs is 1. The summed E-state index contributed by atoms with van der Waals surface area (Å²) in [5.74, 6) is 0.700. The predicted octanol–water partition coefficient (Wildman–Crippen LogP) is 1.83. The number of ether oxygens (including phenoxy) is 1. The zero-order valence-electron chi connectivity index (χ0n) is 16.6. The van der Waals surface area contributed by atoms with Gasteiger partial charge >= 0.3 is 0 Å². The zero-order chi connectivity index (χ0) is 20.2. The second-order valence-corrected chi connectivity index (χ2v) is 7.59. The third-order valence-electron chi connectivity index (χ3n) is 5.61. The van der Waals surface area contributed by atoms with Gasteiger partial charge in [-0.05, 0) is 37.1 Å². The van der Waals surface area contributed by atoms with Crippen LogP contribution in [0.2, 0.25) is 0 Å². The van der Waals surface area contributed by atoms with Gasteiger partial charge in [0.1, 0.15) is 5.75 Å². The number of amides is 2. The molecule has 1 aromatic carbocycles. The number of rotatable bonds is 4. The Labute approximate surface area is 170 Å². The smallest absolute Gasteiger partial charge is 0.265 e. The van der Waals surface area contributed by atoms with Gasteiger partial charge < -0.3 is 19.9 Å². The maximum atomic E-state index is 13.0. The van der Waals surface area contributed by atoms with Crippen LogP contribution in [0.5, 0.6) is 5.75 Å². The molecule has 1 N–H and O–H groups in total. The van der Waals surface area contributed by atoms with Crippen LogP contribution >= 0.6 is 0 Å². The molecule has 3 heterocycles. The second kappa shape index (κ2) is 8.51. The number of likely N-dealkylation sites (N-methyl/N-ethyl adjacent to an activating group) is 1. The van der Waals surface area contributed by atoms with E-state index < -0.39 is 6.10 Å². The van der Waals surface area contributed by atoms with Crippen LogP contribution in [-0.2, 0) is 16.1 Å². The van der Waals surface area contributed by atoms with Gasteiger partial charge in [0, 0.05) is 32.3 Å². The van der Waals surface area contributed by atoms with Crippen molar-refractivity contribution in [2.45, 2.75) is 25.5 Å². The number of pyridine rings is 1. The molecule has 1 atom stereocenters. The van der Waals surface area contributed by atoms with E-state index in [-0.39, 0.29) is 17.7 Å². The van der Waals surface area contributed by atoms with Gasteiger partial charge in [0.2, 0.25) is 5.91 Å². The average Bonchev–Trinajstić information content (AvgIpc) is 2.78. The molecule has 0 saturated carbocycles. The van der Waals surface area contributed by atoms with Crippen molar-refractivity contribution in [2.75, 3.05) is 31.6 Å². The Kier molecular flexibility index (Phi) is 5.64. The highest BCUT2D eigenvalue weighted by Gasteiger charge is 2.35. The number of anilines is 1. The first-order chi connectivity index (χ1) is 14.1. The van der Waals surface area contributed by atoms with E-state index in [1.54, 1.807) is 6.20 Å². The molecule has 7 heteroatoms. The highest BCUT2D eigenvalue weighted by Crippen LogP contribution is 2.32. The lowest BCUT2D eigenvalue weighted by molar-refractivity contribution is -0.141. The fraction of sp³-hybridized carbons (Fsp3) is 0.409. The Bertz CT molecular complexity index is 865. The van der Waals surface area contributed by atoms with Crippen LogP contribution < -0.4 is 15.0 Å². The normalized spacial score (nSPS) is 19.3. The molecule has 0 aliphatic carbocycles. The largest absolute Gasteiger partial charge is 0.477 e. The molecule has 1 saturated heterocycles. The molecule has 2 aromatic rings. The molecule has 152 valence electrons. The van der Waals surface area contributed by atoms with E-state index in [4.69, 9.17) is 4.74 Å². The van der Waals surface area contributed by atoms with Gasteiger partial charge in [0.05, 0.1) is 24.5 Å². The van der Waals surface area contributed by atoms with Crippen LogP contribution in [0.3, 0.4) is 0 Å². The van der Waals surface area contributed by atoms with Gasteiger partial charge in [0.25, 0.3) is 5.91 Å². The molecule has 4 rings (SSSR count). The van der Waals surface area contributed by atoms with Gasteiger partial charge in [0.15, 0.2) is 6.10 Å². The first kappa shape index (κ1) is 19.2. The number of nitrogens with zero attached hydrogens (tertiary/aromatic N) is 3. The molecule has 1 fully saturated rings. The number of hydrogen-bond acceptors (Lipinski definition) is 5. The van der Waals surface area contributed by atoms with Crippen molar-refractivity contribution in [2.24, 2.45) is 5.92 Å². The lowest BCUT2D eigenvalue weighted by Crippen LogP contribution is -2.52. The highest BCUT2D eigenvalue weighted by molar-refractivity contribution is 5.84. The Morgan fingerprint density at radius 2 is 1.90 bits per heavy atom. The van der Waals surface area contributed by atoms with Gasteiger partial charge in [-0.25, -0.2) is 0 Å². The maximum absolute atomic E-state index is 13.0. The molecule has 0 radical (unpaired) electrons. The molecule has 1 aromatic heterocycles. The summed E-state index contributed by atoms with van der Waals surface area (Å²) >= 11 is 0. The predicted molar refractivity (Wildman–Crippen MR) is 110 cm³/mol. The van der Waals surface area contributed by atoms with Crippen molar-refractivity contribution in [3.05, 3.63) is 54.4 Å². The molecule has 7 nitrogen and oxygen atoms in total. The Morgan fingerprint density at radius 1 is 1.14 bits per heavy atom. The van der Waals surface area contributed by atoms with Crippen molar-refractivity contribution < 1.29 is 14.3 Å². The van der Waals surface area contributed by atoms with E-state index in [9.17, 15) is 9.59 Å². The van der Waals surface area contributed by atoms with Gasteiger partial charge in [-0.15, -0.1) is 0 Å². The third kappa shape index (κ3) is 4.34. The number of nitrogens with one attached hydrogen (secondary N) is 1. The van der Waals surface area contributed by atoms with Crippen LogP contribution in [0.25, 0.3) is 0 Å². The number of hydrogen-bond donors (Lipinski definition) is 1. The summed E-state index contributed by atoms with van der Waals surface area (Å²) in [5, 5.41) is 2.96. The molecule has 0 unspecified atom stereocenters. The van der Waals surface area contributed by atoms with E-state index in [2.05, 4.69) is 15.2 Å². The maximum Gasteiger partial charge on any atom is 0.265 e. The summed E-state index contributed by atoms with van der Waals surface area (Å²) in [6.07, 6.45) is 2.54. The lowest BCUT2D eigenvalue weighted by Gasteiger charge is -2.37. The first-order valence-electron chi connectivity index (χ1n) is 10.0. The summed E-state index contributed by atoms with van der Waals surface area (Å²) in [7, 11) is 1.97. The molecule has 29 heavy (non-hydrogen) atoms. The minimum absolute atomic E-state index is 0.00121. The molecular weight excluding hydrogens is 368 g/mol. The van der Waals surface area contributed by atoms with Gasteiger partial charge in [-0.3, -0.25) is 14.6 Å². The summed E-state index contributed by atoms with van der Waals surface area (Å²) < 4.78 is 5.96. The fourth-order valence-corrected chi connectivity index (χ4v) is 3.93. The lowest BCUT2D eigenvalue weighted by atomic mass is 9.95. The standard InChI is InChI=1S/C22H26N4O3/c1-25-15-20(29-19-8-3-2-7-18(19)25)22(28)26-12-9-16(10-13-26)21(27)24-14-17-6-4-5-11-23-17/h2-8,11,16,20H,9-10,12-15H2,1H3,(H,24,27)/t20-/m0/s1. The summed E-state index contributed by atoms with van der Waals surface area (Å²) in [6, 6.07) is 13.4. The second-order valence-electron chi connectivity index (χ2n) is 7.59. The fourth-order valence-electron chi connectivity index (χ4n) is 3.93. The van der Waals surface area contributed by atoms with Crippen molar-refractivity contribution in [1.82, 2.24) is 15.2 Å². The molecule has 0 bridgehead atoms. The Balaban J connectivity index is 1.28. The van der Waals surface area contributed by atoms with Gasteiger partial charge in [-0.1, -0.05) is 18.2 Å². The number of benzene rings is 1.